The second-order valence-electron chi connectivity index (χ2n) is 8.45. The van der Waals surface area contributed by atoms with E-state index in [2.05, 4.69) is 33.8 Å². The Balaban J connectivity index is 1.57. The van der Waals surface area contributed by atoms with Gasteiger partial charge in [0.1, 0.15) is 12.4 Å². The highest BCUT2D eigenvalue weighted by atomic mass is 16.6. The maximum atomic E-state index is 11.2. The first-order valence-electron chi connectivity index (χ1n) is 9.94. The van der Waals surface area contributed by atoms with Crippen molar-refractivity contribution in [1.82, 2.24) is 0 Å². The van der Waals surface area contributed by atoms with E-state index in [1.807, 2.05) is 24.3 Å². The van der Waals surface area contributed by atoms with Crippen LogP contribution in [0.3, 0.4) is 0 Å². The normalized spacial score (nSPS) is 22.2. The Morgan fingerprint density at radius 1 is 1.32 bits per heavy atom. The largest absolute Gasteiger partial charge is 0.489 e. The fraction of sp³-hybridized carbons (Fsp3) is 0.458. The summed E-state index contributed by atoms with van der Waals surface area (Å²) >= 11 is 0. The highest BCUT2D eigenvalue weighted by Crippen LogP contribution is 2.42. The number of cyclic esters (lactones) is 1. The summed E-state index contributed by atoms with van der Waals surface area (Å²) in [7, 11) is 0. The van der Waals surface area contributed by atoms with Gasteiger partial charge in [0.25, 0.3) is 0 Å². The fourth-order valence-electron chi connectivity index (χ4n) is 4.03. The van der Waals surface area contributed by atoms with Crippen molar-refractivity contribution >= 4 is 11.5 Å². The van der Waals surface area contributed by atoms with Gasteiger partial charge in [0.15, 0.2) is 0 Å². The molecule has 2 aliphatic rings. The van der Waals surface area contributed by atoms with Gasteiger partial charge in [0.05, 0.1) is 0 Å². The SMILES string of the molecule is CC1=C(C/C=C(\C)COc2ccc(C3=CC(=O)OC3O)cc2)C(C)(C)CCC1. The number of aliphatic hydroxyl groups is 1. The summed E-state index contributed by atoms with van der Waals surface area (Å²) in [4.78, 5) is 11.2. The average molecular weight is 383 g/mol. The van der Waals surface area contributed by atoms with Gasteiger partial charge in [-0.1, -0.05) is 43.2 Å². The molecule has 4 nitrogen and oxygen atoms in total. The zero-order valence-corrected chi connectivity index (χ0v) is 17.2. The molecule has 1 aliphatic carbocycles. The van der Waals surface area contributed by atoms with E-state index in [0.29, 0.717) is 17.6 Å². The maximum Gasteiger partial charge on any atom is 0.333 e. The van der Waals surface area contributed by atoms with Crippen LogP contribution in [-0.2, 0) is 9.53 Å². The number of hydrogen-bond donors (Lipinski definition) is 1. The molecule has 0 amide bonds. The minimum Gasteiger partial charge on any atom is -0.489 e. The first-order chi connectivity index (χ1) is 13.3. The van der Waals surface area contributed by atoms with Crippen molar-refractivity contribution in [3.8, 4) is 5.75 Å². The summed E-state index contributed by atoms with van der Waals surface area (Å²) in [5.74, 6) is 0.236. The molecule has 4 heteroatoms. The molecule has 1 atom stereocenters. The molecule has 1 aromatic carbocycles. The number of esters is 1. The quantitative estimate of drug-likeness (QED) is 0.544. The van der Waals surface area contributed by atoms with Crippen LogP contribution in [0.5, 0.6) is 5.75 Å². The number of carbonyl (C=O) groups is 1. The zero-order chi connectivity index (χ0) is 20.3. The van der Waals surface area contributed by atoms with Crippen LogP contribution in [0.4, 0.5) is 0 Å². The van der Waals surface area contributed by atoms with Gasteiger partial charge in [0, 0.05) is 11.6 Å². The highest BCUT2D eigenvalue weighted by Gasteiger charge is 2.27. The van der Waals surface area contributed by atoms with Gasteiger partial charge >= 0.3 is 5.97 Å². The Kier molecular flexibility index (Phi) is 6.09. The van der Waals surface area contributed by atoms with Crippen LogP contribution in [0.2, 0.25) is 0 Å². The number of aliphatic hydroxyl groups excluding tert-OH is 1. The molecule has 1 aromatic rings. The van der Waals surface area contributed by atoms with Crippen LogP contribution in [0.15, 0.2) is 53.1 Å². The van der Waals surface area contributed by atoms with Gasteiger partial charge in [-0.05, 0) is 68.2 Å². The number of rotatable bonds is 6. The molecule has 3 rings (SSSR count). The third-order valence-electron chi connectivity index (χ3n) is 5.76. The van der Waals surface area contributed by atoms with Crippen molar-refractivity contribution in [1.29, 1.82) is 0 Å². The summed E-state index contributed by atoms with van der Waals surface area (Å²) < 4.78 is 10.6. The van der Waals surface area contributed by atoms with Gasteiger partial charge in [-0.15, -0.1) is 0 Å². The Morgan fingerprint density at radius 2 is 2.04 bits per heavy atom. The second-order valence-corrected chi connectivity index (χ2v) is 8.45. The summed E-state index contributed by atoms with van der Waals surface area (Å²) in [5, 5.41) is 9.73. The number of hydrogen-bond acceptors (Lipinski definition) is 4. The molecule has 1 heterocycles. The molecule has 28 heavy (non-hydrogen) atoms. The van der Waals surface area contributed by atoms with Crippen molar-refractivity contribution in [2.24, 2.45) is 5.41 Å². The van der Waals surface area contributed by atoms with E-state index in [1.165, 1.54) is 30.9 Å². The lowest BCUT2D eigenvalue weighted by atomic mass is 9.71. The van der Waals surface area contributed by atoms with Crippen LogP contribution in [-0.4, -0.2) is 24.0 Å². The maximum absolute atomic E-state index is 11.2. The molecule has 0 bridgehead atoms. The molecular weight excluding hydrogens is 352 g/mol. The summed E-state index contributed by atoms with van der Waals surface area (Å²) in [5.41, 5.74) is 5.84. The molecule has 0 spiro atoms. The average Bonchev–Trinajstić information content (AvgIpc) is 2.97. The minimum atomic E-state index is -1.19. The molecule has 0 radical (unpaired) electrons. The second kappa shape index (κ2) is 8.36. The Bertz CT molecular complexity index is 825. The van der Waals surface area contributed by atoms with Crippen LogP contribution in [0.1, 0.15) is 58.9 Å². The van der Waals surface area contributed by atoms with Crippen molar-refractivity contribution in [3.63, 3.8) is 0 Å². The van der Waals surface area contributed by atoms with E-state index in [0.717, 1.165) is 17.7 Å². The Hall–Kier alpha value is -2.33. The predicted molar refractivity (Wildman–Crippen MR) is 111 cm³/mol. The van der Waals surface area contributed by atoms with Crippen molar-refractivity contribution < 1.29 is 19.4 Å². The molecule has 1 unspecified atom stereocenters. The number of benzene rings is 1. The lowest BCUT2D eigenvalue weighted by Crippen LogP contribution is -2.20. The lowest BCUT2D eigenvalue weighted by Gasteiger charge is -2.34. The van der Waals surface area contributed by atoms with Gasteiger partial charge in [-0.2, -0.15) is 0 Å². The Morgan fingerprint density at radius 3 is 2.64 bits per heavy atom. The zero-order valence-electron chi connectivity index (χ0n) is 17.2. The third kappa shape index (κ3) is 4.74. The third-order valence-corrected chi connectivity index (χ3v) is 5.76. The molecule has 0 saturated heterocycles. The first kappa shape index (κ1) is 20.4. The summed E-state index contributed by atoms with van der Waals surface area (Å²) in [6, 6.07) is 7.33. The van der Waals surface area contributed by atoms with Crippen molar-refractivity contribution in [3.05, 3.63) is 58.7 Å². The smallest absolute Gasteiger partial charge is 0.333 e. The molecule has 1 N–H and O–H groups in total. The van der Waals surface area contributed by atoms with Crippen molar-refractivity contribution in [2.45, 2.75) is 59.7 Å². The number of ether oxygens (including phenoxy) is 2. The monoisotopic (exact) mass is 382 g/mol. The molecule has 150 valence electrons. The predicted octanol–water partition coefficient (Wildman–Crippen LogP) is 5.19. The number of allylic oxidation sites excluding steroid dienone is 3. The summed E-state index contributed by atoms with van der Waals surface area (Å²) in [6.45, 7) is 9.61. The fourth-order valence-corrected chi connectivity index (χ4v) is 4.03. The molecule has 0 fully saturated rings. The van der Waals surface area contributed by atoms with E-state index in [1.54, 1.807) is 11.1 Å². The molecular formula is C24H30O4. The molecule has 1 aliphatic heterocycles. The topological polar surface area (TPSA) is 55.8 Å². The lowest BCUT2D eigenvalue weighted by molar-refractivity contribution is -0.149. The van der Waals surface area contributed by atoms with E-state index in [-0.39, 0.29) is 0 Å². The van der Waals surface area contributed by atoms with Gasteiger partial charge in [-0.3, -0.25) is 0 Å². The summed E-state index contributed by atoms with van der Waals surface area (Å²) in [6.07, 6.45) is 7.17. The van der Waals surface area contributed by atoms with Crippen LogP contribution >= 0.6 is 0 Å². The Labute approximate surface area is 167 Å². The van der Waals surface area contributed by atoms with Gasteiger partial charge in [-0.25, -0.2) is 4.79 Å². The van der Waals surface area contributed by atoms with Crippen LogP contribution in [0, 0.1) is 5.41 Å². The van der Waals surface area contributed by atoms with Crippen LogP contribution in [0.25, 0.3) is 5.57 Å². The van der Waals surface area contributed by atoms with E-state index >= 15 is 0 Å². The number of carbonyl (C=O) groups excluding carboxylic acids is 1. The highest BCUT2D eigenvalue weighted by molar-refractivity contribution is 5.96. The van der Waals surface area contributed by atoms with Gasteiger partial charge in [0.2, 0.25) is 6.29 Å². The van der Waals surface area contributed by atoms with Crippen molar-refractivity contribution in [2.75, 3.05) is 6.61 Å². The van der Waals surface area contributed by atoms with Crippen LogP contribution < -0.4 is 4.74 Å². The van der Waals surface area contributed by atoms with E-state index < -0.39 is 12.3 Å². The van der Waals surface area contributed by atoms with Gasteiger partial charge < -0.3 is 14.6 Å². The standard InChI is InChI=1S/C24H30O4/c1-16(7-12-21-17(2)6-5-13-24(21,3)4)15-27-19-10-8-18(9-11-19)20-14-22(25)28-23(20)26/h7-11,14,23,26H,5-6,12-13,15H2,1-4H3/b16-7+. The van der Waals surface area contributed by atoms with E-state index in [4.69, 9.17) is 9.47 Å². The molecule has 0 saturated carbocycles. The first-order valence-corrected chi connectivity index (χ1v) is 9.94. The van der Waals surface area contributed by atoms with E-state index in [9.17, 15) is 9.90 Å². The molecule has 0 aromatic heterocycles. The minimum absolute atomic E-state index is 0.292.